The zero-order valence-electron chi connectivity index (χ0n) is 8.32. The van der Waals surface area contributed by atoms with E-state index in [1.54, 1.807) is 0 Å². The van der Waals surface area contributed by atoms with Crippen LogP contribution >= 0.6 is 0 Å². The predicted molar refractivity (Wildman–Crippen MR) is 53.7 cm³/mol. The molecule has 0 saturated heterocycles. The molecular formula is C10H7F3O3S. The molecule has 0 aliphatic carbocycles. The van der Waals surface area contributed by atoms with Gasteiger partial charge in [0.25, 0.3) is 0 Å². The van der Waals surface area contributed by atoms with Gasteiger partial charge in [-0.25, -0.2) is 8.42 Å². The topological polar surface area (TPSA) is 54.4 Å². The Kier molecular flexibility index (Phi) is 2.55. The Hall–Kier alpha value is -1.34. The van der Waals surface area contributed by atoms with Gasteiger partial charge in [0.1, 0.15) is 0 Å². The lowest BCUT2D eigenvalue weighted by Crippen LogP contribution is -2.06. The molecule has 0 atom stereocenters. The van der Waals surface area contributed by atoms with Crippen molar-refractivity contribution in [2.45, 2.75) is 11.1 Å². The van der Waals surface area contributed by atoms with Gasteiger partial charge in [-0.3, -0.25) is 0 Å². The van der Waals surface area contributed by atoms with Gasteiger partial charge in [0.2, 0.25) is 9.84 Å². The van der Waals surface area contributed by atoms with Crippen LogP contribution in [-0.2, 0) is 16.0 Å². The third-order valence-corrected chi connectivity index (χ3v) is 3.97. The third kappa shape index (κ3) is 1.96. The molecule has 17 heavy (non-hydrogen) atoms. The molecule has 1 aliphatic heterocycles. The van der Waals surface area contributed by atoms with E-state index in [-0.39, 0.29) is 11.1 Å². The Balaban J connectivity index is 2.66. The normalized spacial score (nSPS) is 17.8. The maximum Gasteiger partial charge on any atom is 0.416 e. The lowest BCUT2D eigenvalue weighted by atomic mass is 10.1. The van der Waals surface area contributed by atoms with E-state index in [1.165, 1.54) is 0 Å². The molecule has 1 aromatic rings. The summed E-state index contributed by atoms with van der Waals surface area (Å²) in [5.74, 6) is 0. The smallest absolute Gasteiger partial charge is 0.392 e. The van der Waals surface area contributed by atoms with Crippen LogP contribution in [0.5, 0.6) is 0 Å². The highest BCUT2D eigenvalue weighted by Crippen LogP contribution is 2.37. The number of aliphatic hydroxyl groups is 1. The molecule has 0 amide bonds. The number of rotatable bonds is 1. The second-order valence-electron chi connectivity index (χ2n) is 3.55. The molecule has 0 spiro atoms. The first-order valence-corrected chi connectivity index (χ1v) is 6.08. The summed E-state index contributed by atoms with van der Waals surface area (Å²) in [7, 11) is -3.87. The highest BCUT2D eigenvalue weighted by Gasteiger charge is 2.34. The molecule has 0 unspecified atom stereocenters. The largest absolute Gasteiger partial charge is 0.416 e. The summed E-state index contributed by atoms with van der Waals surface area (Å²) in [4.78, 5) is -0.406. The first kappa shape index (κ1) is 12.1. The van der Waals surface area contributed by atoms with Crippen LogP contribution in [0.1, 0.15) is 11.1 Å². The first-order valence-electron chi connectivity index (χ1n) is 4.54. The summed E-state index contributed by atoms with van der Waals surface area (Å²) in [5, 5.41) is 9.71. The van der Waals surface area contributed by atoms with Crippen molar-refractivity contribution in [1.82, 2.24) is 0 Å². The number of alkyl halides is 3. The highest BCUT2D eigenvalue weighted by atomic mass is 32.2. The minimum absolute atomic E-state index is 0.105. The van der Waals surface area contributed by atoms with Gasteiger partial charge in [0.15, 0.2) is 0 Å². The molecule has 0 bridgehead atoms. The molecule has 3 nitrogen and oxygen atoms in total. The fourth-order valence-corrected chi connectivity index (χ4v) is 3.14. The van der Waals surface area contributed by atoms with Gasteiger partial charge < -0.3 is 5.11 Å². The van der Waals surface area contributed by atoms with E-state index in [0.29, 0.717) is 6.07 Å². The van der Waals surface area contributed by atoms with Crippen LogP contribution in [0, 0.1) is 0 Å². The Bertz CT molecular complexity index is 600. The molecular weight excluding hydrogens is 257 g/mol. The van der Waals surface area contributed by atoms with Crippen LogP contribution in [0.2, 0.25) is 0 Å². The van der Waals surface area contributed by atoms with Crippen molar-refractivity contribution in [3.63, 3.8) is 0 Å². The number of sulfone groups is 1. The van der Waals surface area contributed by atoms with Crippen LogP contribution in [0.25, 0.3) is 5.57 Å². The fraction of sp³-hybridized carbons (Fsp3) is 0.200. The van der Waals surface area contributed by atoms with Crippen LogP contribution in [0.15, 0.2) is 28.5 Å². The summed E-state index contributed by atoms with van der Waals surface area (Å²) >= 11 is 0. The average Bonchev–Trinajstić information content (AvgIpc) is 2.49. The number of halogens is 3. The Morgan fingerprint density at radius 3 is 2.41 bits per heavy atom. The van der Waals surface area contributed by atoms with Crippen molar-refractivity contribution in [3.05, 3.63) is 34.7 Å². The van der Waals surface area contributed by atoms with Crippen LogP contribution in [0.4, 0.5) is 13.2 Å². The summed E-state index contributed by atoms with van der Waals surface area (Å²) in [6.07, 6.45) is -4.59. The second kappa shape index (κ2) is 3.58. The molecule has 0 radical (unpaired) electrons. The molecule has 1 aliphatic rings. The maximum absolute atomic E-state index is 12.4. The monoisotopic (exact) mass is 264 g/mol. The Morgan fingerprint density at radius 1 is 1.24 bits per heavy atom. The van der Waals surface area contributed by atoms with Crippen molar-refractivity contribution >= 4 is 15.4 Å². The molecule has 2 rings (SSSR count). The summed E-state index contributed by atoms with van der Waals surface area (Å²) < 4.78 is 60.4. The van der Waals surface area contributed by atoms with E-state index in [1.807, 2.05) is 0 Å². The van der Waals surface area contributed by atoms with E-state index < -0.39 is 33.1 Å². The van der Waals surface area contributed by atoms with Gasteiger partial charge in [-0.2, -0.15) is 13.2 Å². The van der Waals surface area contributed by atoms with Gasteiger partial charge in [0.05, 0.1) is 17.1 Å². The third-order valence-electron chi connectivity index (χ3n) is 2.43. The van der Waals surface area contributed by atoms with E-state index in [9.17, 15) is 21.6 Å². The number of hydrogen-bond donors (Lipinski definition) is 1. The van der Waals surface area contributed by atoms with Gasteiger partial charge in [-0.15, -0.1) is 0 Å². The Labute approximate surface area is 95.1 Å². The number of hydrogen-bond acceptors (Lipinski definition) is 3. The van der Waals surface area contributed by atoms with Crippen molar-refractivity contribution < 1.29 is 26.7 Å². The minimum Gasteiger partial charge on any atom is -0.392 e. The number of benzene rings is 1. The average molecular weight is 264 g/mol. The Morgan fingerprint density at radius 2 is 1.88 bits per heavy atom. The minimum atomic E-state index is -4.59. The zero-order chi connectivity index (χ0) is 12.8. The van der Waals surface area contributed by atoms with Crippen molar-refractivity contribution in [2.24, 2.45) is 0 Å². The van der Waals surface area contributed by atoms with E-state index in [0.717, 1.165) is 17.5 Å². The van der Waals surface area contributed by atoms with Crippen molar-refractivity contribution in [2.75, 3.05) is 6.61 Å². The highest BCUT2D eigenvalue weighted by molar-refractivity contribution is 7.95. The molecule has 92 valence electrons. The lowest BCUT2D eigenvalue weighted by molar-refractivity contribution is -0.137. The van der Waals surface area contributed by atoms with Crippen LogP contribution in [-0.4, -0.2) is 20.1 Å². The molecule has 0 saturated carbocycles. The fourth-order valence-electron chi connectivity index (χ4n) is 1.64. The first-order chi connectivity index (χ1) is 7.75. The van der Waals surface area contributed by atoms with E-state index >= 15 is 0 Å². The number of aliphatic hydroxyl groups excluding tert-OH is 1. The summed E-state index contributed by atoms with van der Waals surface area (Å²) in [6.45, 7) is -0.530. The lowest BCUT2D eigenvalue weighted by Gasteiger charge is -2.08. The predicted octanol–water partition coefficient (Wildman–Crippen LogP) is 1.83. The van der Waals surface area contributed by atoms with Crippen molar-refractivity contribution in [3.8, 4) is 0 Å². The number of fused-ring (bicyclic) bond motifs is 1. The summed E-state index contributed by atoms with van der Waals surface area (Å²) in [6, 6.07) is 2.44. The van der Waals surface area contributed by atoms with Gasteiger partial charge >= 0.3 is 6.18 Å². The second-order valence-corrected chi connectivity index (χ2v) is 5.32. The molecule has 7 heteroatoms. The molecule has 1 N–H and O–H groups in total. The van der Waals surface area contributed by atoms with Gasteiger partial charge in [-0.05, 0) is 23.3 Å². The van der Waals surface area contributed by atoms with Crippen molar-refractivity contribution in [1.29, 1.82) is 0 Å². The van der Waals surface area contributed by atoms with Gasteiger partial charge in [0, 0.05) is 5.41 Å². The molecule has 1 aromatic carbocycles. The maximum atomic E-state index is 12.4. The van der Waals surface area contributed by atoms with Gasteiger partial charge in [-0.1, -0.05) is 6.07 Å². The van der Waals surface area contributed by atoms with E-state index in [4.69, 9.17) is 5.11 Å². The molecule has 0 fully saturated rings. The quantitative estimate of drug-likeness (QED) is 0.841. The zero-order valence-corrected chi connectivity index (χ0v) is 9.14. The van der Waals surface area contributed by atoms with Crippen LogP contribution in [0.3, 0.4) is 0 Å². The summed E-state index contributed by atoms with van der Waals surface area (Å²) in [5.41, 5.74) is -0.790. The molecule has 1 heterocycles. The standard InChI is InChI=1S/C10H7F3O3S/c11-10(12,13)7-1-2-8-6(4-14)5-17(15,16)9(8)3-7/h1-3,5,14H,4H2. The molecule has 0 aromatic heterocycles. The van der Waals surface area contributed by atoms with E-state index in [2.05, 4.69) is 0 Å². The SMILES string of the molecule is O=S1(=O)C=C(CO)c2ccc(C(F)(F)F)cc21. The van der Waals surface area contributed by atoms with Crippen LogP contribution < -0.4 is 0 Å².